The zero-order chi connectivity index (χ0) is 19.1. The quantitative estimate of drug-likeness (QED) is 0.705. The summed E-state index contributed by atoms with van der Waals surface area (Å²) in [5, 5.41) is 7.38. The minimum Gasteiger partial charge on any atom is -0.445 e. The molecule has 6 heteroatoms. The second kappa shape index (κ2) is 8.80. The molecule has 2 aromatic carbocycles. The van der Waals surface area contributed by atoms with Crippen molar-refractivity contribution in [2.24, 2.45) is 0 Å². The lowest BCUT2D eigenvalue weighted by Crippen LogP contribution is -2.44. The molecule has 0 unspecified atom stereocenters. The van der Waals surface area contributed by atoms with E-state index >= 15 is 0 Å². The van der Waals surface area contributed by atoms with Crippen LogP contribution in [0.15, 0.2) is 66.9 Å². The van der Waals surface area contributed by atoms with E-state index in [2.05, 4.69) is 15.6 Å². The number of nitrogens with one attached hydrogen (secondary N) is 2. The zero-order valence-electron chi connectivity index (χ0n) is 15.0. The minimum absolute atomic E-state index is 0.154. The monoisotopic (exact) mass is 363 g/mol. The van der Waals surface area contributed by atoms with E-state index < -0.39 is 12.1 Å². The number of amides is 2. The Kier molecular flexibility index (Phi) is 5.99. The van der Waals surface area contributed by atoms with E-state index in [9.17, 15) is 9.59 Å². The zero-order valence-corrected chi connectivity index (χ0v) is 15.0. The Morgan fingerprint density at radius 1 is 1.04 bits per heavy atom. The molecule has 2 N–H and O–H groups in total. The normalized spacial score (nSPS) is 11.6. The molecule has 1 aromatic heterocycles. The van der Waals surface area contributed by atoms with Crippen molar-refractivity contribution in [3.63, 3.8) is 0 Å². The van der Waals surface area contributed by atoms with E-state index in [4.69, 9.17) is 4.74 Å². The van der Waals surface area contributed by atoms with Crippen LogP contribution in [0, 0.1) is 0 Å². The van der Waals surface area contributed by atoms with Crippen molar-refractivity contribution < 1.29 is 14.3 Å². The Bertz CT molecular complexity index is 923. The number of nitrogens with zero attached hydrogens (tertiary/aromatic N) is 1. The molecule has 0 aliphatic heterocycles. The fourth-order valence-corrected chi connectivity index (χ4v) is 2.65. The topological polar surface area (TPSA) is 80.3 Å². The molecule has 1 atom stereocenters. The van der Waals surface area contributed by atoms with Gasteiger partial charge in [0.1, 0.15) is 12.6 Å². The average molecular weight is 363 g/mol. The predicted molar refractivity (Wildman–Crippen MR) is 103 cm³/mol. The van der Waals surface area contributed by atoms with Gasteiger partial charge in [-0.1, -0.05) is 54.6 Å². The molecule has 138 valence electrons. The smallest absolute Gasteiger partial charge is 0.408 e. The third-order valence-corrected chi connectivity index (χ3v) is 4.13. The van der Waals surface area contributed by atoms with E-state index in [0.29, 0.717) is 0 Å². The molecule has 3 rings (SSSR count). The van der Waals surface area contributed by atoms with Gasteiger partial charge in [0.05, 0.1) is 12.2 Å². The van der Waals surface area contributed by atoms with Gasteiger partial charge in [-0.15, -0.1) is 0 Å². The molecule has 0 aliphatic carbocycles. The Balaban J connectivity index is 1.49. The van der Waals surface area contributed by atoms with Gasteiger partial charge in [-0.2, -0.15) is 0 Å². The van der Waals surface area contributed by atoms with E-state index in [1.165, 1.54) is 0 Å². The predicted octanol–water partition coefficient (Wildman–Crippen LogP) is 3.17. The number of pyridine rings is 1. The number of carbonyl (C=O) groups excluding carboxylic acids is 2. The highest BCUT2D eigenvalue weighted by atomic mass is 16.5. The number of aromatic nitrogens is 1. The molecule has 2 amide bonds. The van der Waals surface area contributed by atoms with Gasteiger partial charge < -0.3 is 15.4 Å². The molecular formula is C21H21N3O3. The SMILES string of the molecule is C[C@H](NC(=O)OCc1ccccc1)C(=O)NCc1nccc2ccccc12. The highest BCUT2D eigenvalue weighted by Gasteiger charge is 2.16. The maximum atomic E-state index is 12.3. The molecule has 0 saturated carbocycles. The van der Waals surface area contributed by atoms with Crippen LogP contribution in [0.25, 0.3) is 10.8 Å². The van der Waals surface area contributed by atoms with Crippen molar-refractivity contribution in [1.82, 2.24) is 15.6 Å². The number of hydrogen-bond donors (Lipinski definition) is 2. The molecular weight excluding hydrogens is 342 g/mol. The van der Waals surface area contributed by atoms with Crippen molar-refractivity contribution in [2.75, 3.05) is 0 Å². The van der Waals surface area contributed by atoms with Crippen molar-refractivity contribution in [2.45, 2.75) is 26.1 Å². The fraction of sp³-hybridized carbons (Fsp3) is 0.190. The first-order chi connectivity index (χ1) is 13.1. The van der Waals surface area contributed by atoms with Crippen LogP contribution in [0.1, 0.15) is 18.2 Å². The standard InChI is InChI=1S/C21H21N3O3/c1-15(24-21(26)27-14-16-7-3-2-4-8-16)20(25)23-13-19-18-10-6-5-9-17(18)11-12-22-19/h2-12,15H,13-14H2,1H3,(H,23,25)(H,24,26)/t15-/m0/s1. The largest absolute Gasteiger partial charge is 0.445 e. The number of hydrogen-bond acceptors (Lipinski definition) is 4. The molecule has 0 bridgehead atoms. The Morgan fingerprint density at radius 2 is 1.78 bits per heavy atom. The summed E-state index contributed by atoms with van der Waals surface area (Å²) in [6, 6.07) is 18.4. The summed E-state index contributed by atoms with van der Waals surface area (Å²) in [5.41, 5.74) is 1.66. The highest BCUT2D eigenvalue weighted by molar-refractivity contribution is 5.87. The number of rotatable bonds is 6. The lowest BCUT2D eigenvalue weighted by Gasteiger charge is -2.14. The molecule has 0 fully saturated rings. The van der Waals surface area contributed by atoms with Crippen LogP contribution in [0.3, 0.4) is 0 Å². The fourth-order valence-electron chi connectivity index (χ4n) is 2.65. The first-order valence-electron chi connectivity index (χ1n) is 8.71. The first-order valence-corrected chi connectivity index (χ1v) is 8.71. The number of fused-ring (bicyclic) bond motifs is 1. The highest BCUT2D eigenvalue weighted by Crippen LogP contribution is 2.15. The Labute approximate surface area is 157 Å². The summed E-state index contributed by atoms with van der Waals surface area (Å²) >= 11 is 0. The van der Waals surface area contributed by atoms with Gasteiger partial charge in [-0.3, -0.25) is 9.78 Å². The van der Waals surface area contributed by atoms with Crippen LogP contribution >= 0.6 is 0 Å². The summed E-state index contributed by atoms with van der Waals surface area (Å²) in [6.07, 6.45) is 1.08. The van der Waals surface area contributed by atoms with E-state index in [0.717, 1.165) is 22.0 Å². The summed E-state index contributed by atoms with van der Waals surface area (Å²) in [6.45, 7) is 2.04. The van der Waals surface area contributed by atoms with Crippen molar-refractivity contribution >= 4 is 22.8 Å². The summed E-state index contributed by atoms with van der Waals surface area (Å²) in [4.78, 5) is 28.4. The summed E-state index contributed by atoms with van der Waals surface area (Å²) in [7, 11) is 0. The van der Waals surface area contributed by atoms with Crippen LogP contribution in [0.2, 0.25) is 0 Å². The Morgan fingerprint density at radius 3 is 2.59 bits per heavy atom. The molecule has 0 aliphatic rings. The number of benzene rings is 2. The van der Waals surface area contributed by atoms with Gasteiger partial charge in [-0.05, 0) is 23.9 Å². The van der Waals surface area contributed by atoms with Crippen LogP contribution in [-0.4, -0.2) is 23.0 Å². The van der Waals surface area contributed by atoms with Crippen LogP contribution in [0.4, 0.5) is 4.79 Å². The maximum Gasteiger partial charge on any atom is 0.408 e. The van der Waals surface area contributed by atoms with Gasteiger partial charge in [0, 0.05) is 11.6 Å². The second-order valence-corrected chi connectivity index (χ2v) is 6.12. The summed E-state index contributed by atoms with van der Waals surface area (Å²) in [5.74, 6) is -0.304. The second-order valence-electron chi connectivity index (χ2n) is 6.12. The molecule has 0 radical (unpaired) electrons. The Hall–Kier alpha value is -3.41. The van der Waals surface area contributed by atoms with Crippen LogP contribution in [-0.2, 0) is 22.7 Å². The molecule has 6 nitrogen and oxygen atoms in total. The van der Waals surface area contributed by atoms with Crippen molar-refractivity contribution in [3.8, 4) is 0 Å². The summed E-state index contributed by atoms with van der Waals surface area (Å²) < 4.78 is 5.13. The number of alkyl carbamates (subject to hydrolysis) is 1. The third kappa shape index (κ3) is 5.04. The maximum absolute atomic E-state index is 12.3. The van der Waals surface area contributed by atoms with Gasteiger partial charge >= 0.3 is 6.09 Å². The first kappa shape index (κ1) is 18.4. The average Bonchev–Trinajstić information content (AvgIpc) is 2.71. The lowest BCUT2D eigenvalue weighted by molar-refractivity contribution is -0.122. The van der Waals surface area contributed by atoms with E-state index in [-0.39, 0.29) is 19.1 Å². The molecule has 1 heterocycles. The van der Waals surface area contributed by atoms with Gasteiger partial charge in [0.25, 0.3) is 0 Å². The molecule has 3 aromatic rings. The van der Waals surface area contributed by atoms with Crippen molar-refractivity contribution in [1.29, 1.82) is 0 Å². The van der Waals surface area contributed by atoms with E-state index in [1.54, 1.807) is 13.1 Å². The molecule has 0 spiro atoms. The molecule has 27 heavy (non-hydrogen) atoms. The van der Waals surface area contributed by atoms with E-state index in [1.807, 2.05) is 60.7 Å². The van der Waals surface area contributed by atoms with Gasteiger partial charge in [-0.25, -0.2) is 4.79 Å². The number of carbonyl (C=O) groups is 2. The molecule has 0 saturated heterocycles. The third-order valence-electron chi connectivity index (χ3n) is 4.13. The van der Waals surface area contributed by atoms with Crippen LogP contribution in [0.5, 0.6) is 0 Å². The van der Waals surface area contributed by atoms with Crippen molar-refractivity contribution in [3.05, 3.63) is 78.1 Å². The van der Waals surface area contributed by atoms with Crippen LogP contribution < -0.4 is 10.6 Å². The minimum atomic E-state index is -0.719. The van der Waals surface area contributed by atoms with Gasteiger partial charge in [0.15, 0.2) is 0 Å². The number of ether oxygens (including phenoxy) is 1. The van der Waals surface area contributed by atoms with Gasteiger partial charge in [0.2, 0.25) is 5.91 Å². The lowest BCUT2D eigenvalue weighted by atomic mass is 10.1.